The van der Waals surface area contributed by atoms with Crippen molar-refractivity contribution >= 4 is 21.9 Å². The summed E-state index contributed by atoms with van der Waals surface area (Å²) >= 11 is 3.27. The number of likely N-dealkylation sites (tertiary alicyclic amines) is 1. The Morgan fingerprint density at radius 3 is 3.00 bits per heavy atom. The molecule has 0 unspecified atom stereocenters. The summed E-state index contributed by atoms with van der Waals surface area (Å²) in [7, 11) is 0. The van der Waals surface area contributed by atoms with E-state index < -0.39 is 5.97 Å². The first-order valence-corrected chi connectivity index (χ1v) is 6.58. The first-order chi connectivity index (χ1) is 8.08. The number of hydrogen-bond acceptors (Lipinski definition) is 3. The quantitative estimate of drug-likeness (QED) is 0.933. The van der Waals surface area contributed by atoms with Gasteiger partial charge in [-0.1, -0.05) is 0 Å². The smallest absolute Gasteiger partial charge is 0.308 e. The Labute approximate surface area is 109 Å². The Balaban J connectivity index is 2.03. The van der Waals surface area contributed by atoms with Gasteiger partial charge in [-0.2, -0.15) is 0 Å². The van der Waals surface area contributed by atoms with Crippen LogP contribution in [0.5, 0.6) is 0 Å². The molecule has 1 fully saturated rings. The number of nitrogens with zero attached hydrogens (tertiary/aromatic N) is 1. The van der Waals surface area contributed by atoms with Crippen molar-refractivity contribution in [3.63, 3.8) is 0 Å². The molecule has 0 radical (unpaired) electrons. The maximum atomic E-state index is 11.1. The first-order valence-electron chi connectivity index (χ1n) is 5.79. The van der Waals surface area contributed by atoms with Crippen LogP contribution >= 0.6 is 15.9 Å². The number of carboxylic acid groups (broad SMARTS) is 1. The van der Waals surface area contributed by atoms with Crippen molar-refractivity contribution in [3.8, 4) is 0 Å². The van der Waals surface area contributed by atoms with Crippen molar-refractivity contribution in [2.75, 3.05) is 6.54 Å². The highest BCUT2D eigenvalue weighted by Gasteiger charge is 2.32. The van der Waals surface area contributed by atoms with Gasteiger partial charge in [0.15, 0.2) is 4.67 Å². The molecule has 0 bridgehead atoms. The van der Waals surface area contributed by atoms with E-state index in [1.54, 1.807) is 0 Å². The van der Waals surface area contributed by atoms with Crippen LogP contribution in [0.3, 0.4) is 0 Å². The third-order valence-electron chi connectivity index (χ3n) is 3.42. The summed E-state index contributed by atoms with van der Waals surface area (Å²) in [5.41, 5.74) is 0. The molecule has 17 heavy (non-hydrogen) atoms. The van der Waals surface area contributed by atoms with Gasteiger partial charge in [0.2, 0.25) is 0 Å². The molecular formula is C12H16BrNO3. The maximum Gasteiger partial charge on any atom is 0.308 e. The zero-order valence-corrected chi connectivity index (χ0v) is 11.3. The minimum Gasteiger partial charge on any atom is -0.481 e. The standard InChI is InChI=1S/C12H16BrNO3/c1-8-10(12(15)16)3-2-6-14(8)7-9-4-5-11(13)17-9/h4-5,8,10H,2-3,6-7H2,1H3,(H,15,16)/t8-,10-/m1/s1. The molecule has 2 rings (SSSR count). The topological polar surface area (TPSA) is 53.7 Å². The van der Waals surface area contributed by atoms with E-state index in [9.17, 15) is 4.79 Å². The fourth-order valence-corrected chi connectivity index (χ4v) is 2.74. The number of furan rings is 1. The van der Waals surface area contributed by atoms with Gasteiger partial charge >= 0.3 is 5.97 Å². The van der Waals surface area contributed by atoms with Crippen molar-refractivity contribution < 1.29 is 14.3 Å². The predicted molar refractivity (Wildman–Crippen MR) is 66.6 cm³/mol. The summed E-state index contributed by atoms with van der Waals surface area (Å²) in [6, 6.07) is 3.84. The molecule has 5 heteroatoms. The van der Waals surface area contributed by atoms with Crippen LogP contribution in [0.2, 0.25) is 0 Å². The van der Waals surface area contributed by atoms with Crippen LogP contribution in [0.15, 0.2) is 21.2 Å². The van der Waals surface area contributed by atoms with Gasteiger partial charge in [0.1, 0.15) is 5.76 Å². The third-order valence-corrected chi connectivity index (χ3v) is 3.85. The Hall–Kier alpha value is -0.810. The Morgan fingerprint density at radius 2 is 2.41 bits per heavy atom. The molecule has 1 aromatic rings. The Kier molecular flexibility index (Phi) is 3.89. The highest BCUT2D eigenvalue weighted by atomic mass is 79.9. The van der Waals surface area contributed by atoms with Crippen molar-refractivity contribution in [3.05, 3.63) is 22.6 Å². The van der Waals surface area contributed by atoms with Crippen molar-refractivity contribution in [1.82, 2.24) is 4.90 Å². The lowest BCUT2D eigenvalue weighted by Gasteiger charge is -2.36. The first kappa shape index (κ1) is 12.6. The second-order valence-electron chi connectivity index (χ2n) is 4.50. The molecule has 1 aliphatic heterocycles. The summed E-state index contributed by atoms with van der Waals surface area (Å²) in [6.07, 6.45) is 1.71. The number of carbonyl (C=O) groups is 1. The van der Waals surface area contributed by atoms with Crippen LogP contribution in [-0.2, 0) is 11.3 Å². The van der Waals surface area contributed by atoms with Crippen LogP contribution in [0.25, 0.3) is 0 Å². The van der Waals surface area contributed by atoms with Crippen LogP contribution in [0.4, 0.5) is 0 Å². The van der Waals surface area contributed by atoms with E-state index in [0.29, 0.717) is 11.2 Å². The predicted octanol–water partition coefficient (Wildman–Crippen LogP) is 2.73. The van der Waals surface area contributed by atoms with Crippen molar-refractivity contribution in [1.29, 1.82) is 0 Å². The average Bonchev–Trinajstić information content (AvgIpc) is 2.67. The van der Waals surface area contributed by atoms with E-state index in [0.717, 1.165) is 25.1 Å². The van der Waals surface area contributed by atoms with Crippen molar-refractivity contribution in [2.45, 2.75) is 32.4 Å². The summed E-state index contributed by atoms with van der Waals surface area (Å²) in [5.74, 6) is -0.0836. The SMILES string of the molecule is C[C@@H]1[C@H](C(=O)O)CCCN1Cc1ccc(Br)o1. The Morgan fingerprint density at radius 1 is 1.65 bits per heavy atom. The van der Waals surface area contributed by atoms with Crippen LogP contribution < -0.4 is 0 Å². The maximum absolute atomic E-state index is 11.1. The van der Waals surface area contributed by atoms with Crippen molar-refractivity contribution in [2.24, 2.45) is 5.92 Å². The summed E-state index contributed by atoms with van der Waals surface area (Å²) < 4.78 is 6.17. The van der Waals surface area contributed by atoms with Gasteiger partial charge in [-0.3, -0.25) is 9.69 Å². The van der Waals surface area contributed by atoms with Gasteiger partial charge in [0.25, 0.3) is 0 Å². The molecule has 0 aromatic carbocycles. The average molecular weight is 302 g/mol. The molecule has 0 aliphatic carbocycles. The monoisotopic (exact) mass is 301 g/mol. The molecular weight excluding hydrogens is 286 g/mol. The van der Waals surface area contributed by atoms with Gasteiger partial charge in [0.05, 0.1) is 12.5 Å². The van der Waals surface area contributed by atoms with E-state index in [-0.39, 0.29) is 12.0 Å². The fraction of sp³-hybridized carbons (Fsp3) is 0.583. The van der Waals surface area contributed by atoms with E-state index in [1.807, 2.05) is 19.1 Å². The normalized spacial score (nSPS) is 26.0. The molecule has 1 N–H and O–H groups in total. The number of carboxylic acids is 1. The molecule has 1 saturated heterocycles. The lowest BCUT2D eigenvalue weighted by molar-refractivity contribution is -0.145. The van der Waals surface area contributed by atoms with Crippen LogP contribution in [0, 0.1) is 5.92 Å². The van der Waals surface area contributed by atoms with Gasteiger partial charge < -0.3 is 9.52 Å². The summed E-state index contributed by atoms with van der Waals surface area (Å²) in [5, 5.41) is 9.14. The second kappa shape index (κ2) is 5.23. The molecule has 0 saturated carbocycles. The van der Waals surface area contributed by atoms with E-state index >= 15 is 0 Å². The number of rotatable bonds is 3. The van der Waals surface area contributed by atoms with E-state index in [4.69, 9.17) is 9.52 Å². The van der Waals surface area contributed by atoms with Crippen LogP contribution in [0.1, 0.15) is 25.5 Å². The largest absolute Gasteiger partial charge is 0.481 e. The lowest BCUT2D eigenvalue weighted by atomic mass is 9.90. The highest BCUT2D eigenvalue weighted by Crippen LogP contribution is 2.26. The second-order valence-corrected chi connectivity index (χ2v) is 5.29. The van der Waals surface area contributed by atoms with Gasteiger partial charge in [0, 0.05) is 6.04 Å². The molecule has 4 nitrogen and oxygen atoms in total. The number of halogens is 1. The molecule has 0 spiro atoms. The number of aliphatic carboxylic acids is 1. The molecule has 1 aromatic heterocycles. The molecule has 94 valence electrons. The number of hydrogen-bond donors (Lipinski definition) is 1. The molecule has 0 amide bonds. The lowest BCUT2D eigenvalue weighted by Crippen LogP contribution is -2.45. The number of piperidine rings is 1. The minimum absolute atomic E-state index is 0.0603. The van der Waals surface area contributed by atoms with Crippen LogP contribution in [-0.4, -0.2) is 28.6 Å². The third kappa shape index (κ3) is 2.90. The molecule has 1 aliphatic rings. The molecule has 2 heterocycles. The van der Waals surface area contributed by atoms with Gasteiger partial charge in [-0.05, 0) is 54.4 Å². The minimum atomic E-state index is -0.692. The fourth-order valence-electron chi connectivity index (χ4n) is 2.40. The van der Waals surface area contributed by atoms with Gasteiger partial charge in [-0.15, -0.1) is 0 Å². The zero-order valence-electron chi connectivity index (χ0n) is 9.73. The summed E-state index contributed by atoms with van der Waals surface area (Å²) in [4.78, 5) is 13.3. The highest BCUT2D eigenvalue weighted by molar-refractivity contribution is 9.10. The van der Waals surface area contributed by atoms with E-state index in [2.05, 4.69) is 20.8 Å². The Bertz CT molecular complexity index is 404. The zero-order chi connectivity index (χ0) is 12.4. The summed E-state index contributed by atoms with van der Waals surface area (Å²) in [6.45, 7) is 3.59. The van der Waals surface area contributed by atoms with Gasteiger partial charge in [-0.25, -0.2) is 0 Å². The molecule has 2 atom stereocenters. The van der Waals surface area contributed by atoms with E-state index in [1.165, 1.54) is 0 Å².